The van der Waals surface area contributed by atoms with Gasteiger partial charge in [0.05, 0.1) is 24.0 Å². The van der Waals surface area contributed by atoms with E-state index in [1.807, 2.05) is 13.8 Å². The van der Waals surface area contributed by atoms with Crippen LogP contribution in [0.3, 0.4) is 0 Å². The molecule has 0 N–H and O–H groups in total. The number of hydrogen-bond donors (Lipinski definition) is 0. The molecule has 1 heterocycles. The number of imide groups is 1. The molecule has 24 heavy (non-hydrogen) atoms. The minimum atomic E-state index is -0.489. The Kier molecular flexibility index (Phi) is 5.51. The molecule has 0 radical (unpaired) electrons. The van der Waals surface area contributed by atoms with Crippen LogP contribution < -0.4 is 4.90 Å². The summed E-state index contributed by atoms with van der Waals surface area (Å²) in [6.07, 6.45) is 1.43. The normalized spacial score (nSPS) is 16.2. The molecular weight excluding hydrogens is 310 g/mol. The average Bonchev–Trinajstić information content (AvgIpc) is 2.79. The van der Waals surface area contributed by atoms with E-state index >= 15 is 0 Å². The summed E-state index contributed by atoms with van der Waals surface area (Å²) in [6, 6.07) is 4.76. The molecule has 6 nitrogen and oxygen atoms in total. The lowest BCUT2D eigenvalue weighted by Crippen LogP contribution is -2.31. The highest BCUT2D eigenvalue weighted by Crippen LogP contribution is 2.38. The van der Waals surface area contributed by atoms with Gasteiger partial charge < -0.3 is 9.47 Å². The lowest BCUT2D eigenvalue weighted by Gasteiger charge is -2.13. The Bertz CT molecular complexity index is 707. The van der Waals surface area contributed by atoms with Gasteiger partial charge in [0, 0.05) is 24.7 Å². The topological polar surface area (TPSA) is 72.9 Å². The maximum atomic E-state index is 12.6. The summed E-state index contributed by atoms with van der Waals surface area (Å²) in [5.41, 5.74) is 1.70. The van der Waals surface area contributed by atoms with Crippen molar-refractivity contribution in [3.05, 3.63) is 35.4 Å². The fourth-order valence-corrected chi connectivity index (χ4v) is 2.65. The molecule has 2 amide bonds. The van der Waals surface area contributed by atoms with Crippen LogP contribution >= 0.6 is 0 Å². The number of esters is 1. The van der Waals surface area contributed by atoms with Gasteiger partial charge in [0.2, 0.25) is 5.91 Å². The predicted molar refractivity (Wildman–Crippen MR) is 89.6 cm³/mol. The van der Waals surface area contributed by atoms with E-state index in [4.69, 9.17) is 9.47 Å². The number of ether oxygens (including phenoxy) is 2. The minimum Gasteiger partial charge on any atom is -0.462 e. The molecule has 1 aliphatic heterocycles. The van der Waals surface area contributed by atoms with Gasteiger partial charge in [-0.1, -0.05) is 6.07 Å². The van der Waals surface area contributed by atoms with E-state index in [1.54, 1.807) is 25.1 Å². The molecule has 0 bridgehead atoms. The van der Waals surface area contributed by atoms with Gasteiger partial charge in [-0.3, -0.25) is 9.59 Å². The second kappa shape index (κ2) is 7.40. The zero-order valence-electron chi connectivity index (χ0n) is 14.3. The molecule has 1 aromatic rings. The number of hydrogen-bond acceptors (Lipinski definition) is 5. The first-order valence-corrected chi connectivity index (χ1v) is 7.90. The lowest BCUT2D eigenvalue weighted by molar-refractivity contribution is -0.122. The van der Waals surface area contributed by atoms with Crippen molar-refractivity contribution in [2.75, 3.05) is 18.1 Å². The molecule has 0 aliphatic carbocycles. The first-order chi connectivity index (χ1) is 11.4. The van der Waals surface area contributed by atoms with Crippen LogP contribution in [0.25, 0.3) is 5.57 Å². The highest BCUT2D eigenvalue weighted by molar-refractivity contribution is 6.39. The fourth-order valence-electron chi connectivity index (χ4n) is 2.65. The second-order valence-electron chi connectivity index (χ2n) is 5.35. The van der Waals surface area contributed by atoms with E-state index in [0.717, 1.165) is 4.90 Å². The van der Waals surface area contributed by atoms with Crippen molar-refractivity contribution in [1.29, 1.82) is 0 Å². The van der Waals surface area contributed by atoms with Gasteiger partial charge in [-0.25, -0.2) is 9.69 Å². The third-order valence-corrected chi connectivity index (χ3v) is 3.62. The van der Waals surface area contributed by atoms with Gasteiger partial charge in [-0.05, 0) is 39.0 Å². The van der Waals surface area contributed by atoms with Crippen LogP contribution in [-0.4, -0.2) is 37.1 Å². The molecule has 0 aromatic heterocycles. The zero-order chi connectivity index (χ0) is 17.9. The van der Waals surface area contributed by atoms with Gasteiger partial charge in [-0.2, -0.15) is 0 Å². The van der Waals surface area contributed by atoms with Crippen LogP contribution in [-0.2, 0) is 19.1 Å². The number of rotatable bonds is 5. The number of fused-ring (bicyclic) bond motifs is 1. The van der Waals surface area contributed by atoms with Crippen LogP contribution in [0.1, 0.15) is 43.6 Å². The third-order valence-electron chi connectivity index (χ3n) is 3.62. The highest BCUT2D eigenvalue weighted by atomic mass is 16.5. The molecule has 128 valence electrons. The SMILES string of the molecule is CCOC(=O)c1ccc2c(c1)N(C(C)=O)C(=O)C2=CC(C)OCC. The largest absolute Gasteiger partial charge is 0.462 e. The molecule has 1 atom stereocenters. The van der Waals surface area contributed by atoms with Crippen molar-refractivity contribution in [2.45, 2.75) is 33.8 Å². The quantitative estimate of drug-likeness (QED) is 0.612. The summed E-state index contributed by atoms with van der Waals surface area (Å²) < 4.78 is 10.4. The standard InChI is InChI=1S/C18H21NO5/c1-5-23-11(3)9-15-14-8-7-13(18(22)24-6-2)10-16(14)19(12(4)20)17(15)21/h7-11H,5-6H2,1-4H3. The van der Waals surface area contributed by atoms with Crippen LogP contribution in [0.2, 0.25) is 0 Å². The summed E-state index contributed by atoms with van der Waals surface area (Å²) in [6.45, 7) is 7.49. The Morgan fingerprint density at radius 1 is 1.25 bits per heavy atom. The summed E-state index contributed by atoms with van der Waals surface area (Å²) >= 11 is 0. The van der Waals surface area contributed by atoms with Crippen LogP contribution in [0.15, 0.2) is 24.3 Å². The number of anilines is 1. The van der Waals surface area contributed by atoms with Gasteiger partial charge in [0.15, 0.2) is 0 Å². The minimum absolute atomic E-state index is 0.252. The molecule has 6 heteroatoms. The highest BCUT2D eigenvalue weighted by Gasteiger charge is 2.36. The van der Waals surface area contributed by atoms with E-state index in [1.165, 1.54) is 13.0 Å². The van der Waals surface area contributed by atoms with Crippen LogP contribution in [0.4, 0.5) is 5.69 Å². The van der Waals surface area contributed by atoms with E-state index in [-0.39, 0.29) is 12.7 Å². The van der Waals surface area contributed by atoms with E-state index < -0.39 is 17.8 Å². The summed E-state index contributed by atoms with van der Waals surface area (Å²) in [5.74, 6) is -1.31. The van der Waals surface area contributed by atoms with Crippen molar-refractivity contribution < 1.29 is 23.9 Å². The van der Waals surface area contributed by atoms with Gasteiger partial charge >= 0.3 is 5.97 Å². The zero-order valence-corrected chi connectivity index (χ0v) is 14.3. The Morgan fingerprint density at radius 3 is 2.54 bits per heavy atom. The van der Waals surface area contributed by atoms with Gasteiger partial charge in [0.25, 0.3) is 5.91 Å². The van der Waals surface area contributed by atoms with E-state index in [0.29, 0.717) is 29.0 Å². The smallest absolute Gasteiger partial charge is 0.338 e. The number of carbonyl (C=O) groups excluding carboxylic acids is 3. The predicted octanol–water partition coefficient (Wildman–Crippen LogP) is 2.56. The Hall–Kier alpha value is -2.47. The summed E-state index contributed by atoms with van der Waals surface area (Å²) in [7, 11) is 0. The van der Waals surface area contributed by atoms with Gasteiger partial charge in [-0.15, -0.1) is 0 Å². The molecule has 0 saturated carbocycles. The maximum Gasteiger partial charge on any atom is 0.338 e. The van der Waals surface area contributed by atoms with Crippen molar-refractivity contribution >= 4 is 29.0 Å². The average molecular weight is 331 g/mol. The van der Waals surface area contributed by atoms with E-state index in [2.05, 4.69) is 0 Å². The molecular formula is C18H21NO5. The second-order valence-corrected chi connectivity index (χ2v) is 5.35. The maximum absolute atomic E-state index is 12.6. The lowest BCUT2D eigenvalue weighted by atomic mass is 10.0. The first kappa shape index (κ1) is 17.9. The molecule has 1 aliphatic rings. The van der Waals surface area contributed by atoms with Crippen molar-refractivity contribution in [3.63, 3.8) is 0 Å². The van der Waals surface area contributed by atoms with E-state index in [9.17, 15) is 14.4 Å². The van der Waals surface area contributed by atoms with Crippen LogP contribution in [0.5, 0.6) is 0 Å². The first-order valence-electron chi connectivity index (χ1n) is 7.90. The Labute approximate surface area is 141 Å². The fraction of sp³-hybridized carbons (Fsp3) is 0.389. The monoisotopic (exact) mass is 331 g/mol. The summed E-state index contributed by atoms with van der Waals surface area (Å²) in [5, 5.41) is 0. The Balaban J connectivity index is 2.51. The van der Waals surface area contributed by atoms with Crippen molar-refractivity contribution in [2.24, 2.45) is 0 Å². The molecule has 0 fully saturated rings. The summed E-state index contributed by atoms with van der Waals surface area (Å²) in [4.78, 5) is 37.5. The number of amides is 2. The number of benzene rings is 1. The molecule has 1 unspecified atom stereocenters. The molecule has 2 rings (SSSR count). The molecule has 0 saturated heterocycles. The number of nitrogens with zero attached hydrogens (tertiary/aromatic N) is 1. The Morgan fingerprint density at radius 2 is 1.96 bits per heavy atom. The number of carbonyl (C=O) groups is 3. The van der Waals surface area contributed by atoms with Gasteiger partial charge in [0.1, 0.15) is 0 Å². The van der Waals surface area contributed by atoms with Crippen molar-refractivity contribution in [3.8, 4) is 0 Å². The third kappa shape index (κ3) is 3.38. The molecule has 0 spiro atoms. The van der Waals surface area contributed by atoms with Crippen LogP contribution in [0, 0.1) is 0 Å². The van der Waals surface area contributed by atoms with Crippen molar-refractivity contribution in [1.82, 2.24) is 0 Å². The molecule has 1 aromatic carbocycles.